The van der Waals surface area contributed by atoms with Crippen molar-refractivity contribution in [3.8, 4) is 5.75 Å². The molecule has 1 aromatic carbocycles. The molecule has 0 fully saturated rings. The van der Waals surface area contributed by atoms with E-state index in [1.165, 1.54) is 0 Å². The summed E-state index contributed by atoms with van der Waals surface area (Å²) in [6.07, 6.45) is 0.804. The fourth-order valence-electron chi connectivity index (χ4n) is 1.36. The third kappa shape index (κ3) is 2.77. The monoisotopic (exact) mass is 301 g/mol. The van der Waals surface area contributed by atoms with Gasteiger partial charge in [-0.3, -0.25) is 0 Å². The number of aliphatic imine (C=N–C) groups is 1. The molecule has 0 saturated heterocycles. The number of benzene rings is 1. The van der Waals surface area contributed by atoms with Gasteiger partial charge in [0.1, 0.15) is 12.4 Å². The van der Waals surface area contributed by atoms with Gasteiger partial charge in [0.15, 0.2) is 9.95 Å². The molecule has 0 radical (unpaired) electrons. The minimum Gasteiger partial charge on any atom is -0.487 e. The van der Waals surface area contributed by atoms with Crippen LogP contribution in [0.4, 0.5) is 0 Å². The second kappa shape index (κ2) is 5.02. The van der Waals surface area contributed by atoms with Gasteiger partial charge in [-0.2, -0.15) is 0 Å². The van der Waals surface area contributed by atoms with Gasteiger partial charge in [0, 0.05) is 5.02 Å². The van der Waals surface area contributed by atoms with Crippen LogP contribution in [0.25, 0.3) is 0 Å². The summed E-state index contributed by atoms with van der Waals surface area (Å²) in [5, 5.41) is 8.89. The Morgan fingerprint density at radius 2 is 1.95 bits per heavy atom. The van der Waals surface area contributed by atoms with Crippen molar-refractivity contribution in [2.24, 2.45) is 4.99 Å². The van der Waals surface area contributed by atoms with Crippen LogP contribution >= 0.6 is 11.6 Å². The maximum absolute atomic E-state index is 11.7. The van der Waals surface area contributed by atoms with Crippen LogP contribution in [0.15, 0.2) is 40.4 Å². The van der Waals surface area contributed by atoms with Gasteiger partial charge in [-0.15, -0.1) is 0 Å². The average Bonchev–Trinajstić information content (AvgIpc) is 2.64. The van der Waals surface area contributed by atoms with Gasteiger partial charge in [-0.25, -0.2) is 18.2 Å². The number of hydrogen-bond donors (Lipinski definition) is 1. The topological polar surface area (TPSA) is 93.0 Å². The predicted octanol–water partition coefficient (Wildman–Crippen LogP) is 1.47. The molecule has 0 aromatic heterocycles. The molecule has 1 aliphatic rings. The van der Waals surface area contributed by atoms with E-state index < -0.39 is 20.7 Å². The Balaban J connectivity index is 2.07. The van der Waals surface area contributed by atoms with E-state index in [4.69, 9.17) is 21.4 Å². The fraction of sp³-hybridized carbons (Fsp3) is 0.0909. The van der Waals surface area contributed by atoms with Crippen LogP contribution in [0.2, 0.25) is 5.02 Å². The molecule has 0 spiro atoms. The van der Waals surface area contributed by atoms with Crippen LogP contribution in [0, 0.1) is 0 Å². The Kier molecular flexibility index (Phi) is 3.59. The number of carbonyl (C=O) groups is 1. The van der Waals surface area contributed by atoms with Gasteiger partial charge >= 0.3 is 5.97 Å². The van der Waals surface area contributed by atoms with E-state index in [1.54, 1.807) is 24.3 Å². The third-order valence-electron chi connectivity index (χ3n) is 2.31. The van der Waals surface area contributed by atoms with Crippen molar-refractivity contribution in [1.82, 2.24) is 0 Å². The van der Waals surface area contributed by atoms with Crippen molar-refractivity contribution in [1.29, 1.82) is 0 Å². The summed E-state index contributed by atoms with van der Waals surface area (Å²) in [6, 6.07) is 6.30. The lowest BCUT2D eigenvalue weighted by molar-refractivity contribution is -0.131. The molecule has 0 unspecified atom stereocenters. The van der Waals surface area contributed by atoms with Crippen LogP contribution in [-0.4, -0.2) is 31.1 Å². The molecule has 2 rings (SSSR count). The molecular weight excluding hydrogens is 294 g/mol. The highest BCUT2D eigenvalue weighted by molar-refractivity contribution is 8.10. The molecule has 6 nitrogen and oxygen atoms in total. The van der Waals surface area contributed by atoms with E-state index in [1.807, 2.05) is 0 Å². The molecule has 1 aromatic rings. The largest absolute Gasteiger partial charge is 0.487 e. The lowest BCUT2D eigenvalue weighted by Crippen LogP contribution is -2.23. The number of aliphatic carboxylic acids is 1. The summed E-state index contributed by atoms with van der Waals surface area (Å²) in [5.74, 6) is -1.13. The molecule has 100 valence electrons. The minimum absolute atomic E-state index is 0.333. The number of carboxylic acids is 1. The normalized spacial score (nSPS) is 16.7. The summed E-state index contributed by atoms with van der Waals surface area (Å²) in [4.78, 5) is 13.5. The number of sulfone groups is 1. The van der Waals surface area contributed by atoms with Crippen LogP contribution < -0.4 is 4.74 Å². The summed E-state index contributed by atoms with van der Waals surface area (Å²) in [7, 11) is -4.04. The standard InChI is InChI=1S/C11H8ClNO5S/c12-7-1-3-8(4-2-7)18-6-10-13-5-9(11(14)15)19(10,16)17/h1-5H,6H2,(H,14,15). The zero-order valence-corrected chi connectivity index (χ0v) is 11.0. The molecule has 0 amide bonds. The molecule has 8 heteroatoms. The van der Waals surface area contributed by atoms with Crippen molar-refractivity contribution in [3.05, 3.63) is 40.4 Å². The molecule has 19 heavy (non-hydrogen) atoms. The molecule has 0 bridgehead atoms. The number of rotatable bonds is 4. The first kappa shape index (κ1) is 13.6. The van der Waals surface area contributed by atoms with E-state index >= 15 is 0 Å². The van der Waals surface area contributed by atoms with Crippen molar-refractivity contribution in [2.75, 3.05) is 6.61 Å². The number of nitrogens with zero attached hydrogens (tertiary/aromatic N) is 1. The van der Waals surface area contributed by atoms with E-state index in [9.17, 15) is 13.2 Å². The Hall–Kier alpha value is -1.86. The third-order valence-corrected chi connectivity index (χ3v) is 4.27. The second-order valence-corrected chi connectivity index (χ2v) is 5.92. The highest BCUT2D eigenvalue weighted by atomic mass is 35.5. The van der Waals surface area contributed by atoms with E-state index in [-0.39, 0.29) is 11.7 Å². The number of hydrogen-bond acceptors (Lipinski definition) is 5. The van der Waals surface area contributed by atoms with Gasteiger partial charge in [0.25, 0.3) is 0 Å². The molecule has 0 saturated carbocycles. The van der Waals surface area contributed by atoms with Crippen molar-refractivity contribution >= 4 is 32.5 Å². The first-order chi connectivity index (χ1) is 8.91. The highest BCUT2D eigenvalue weighted by Crippen LogP contribution is 2.20. The number of carboxylic acid groups (broad SMARTS) is 1. The quantitative estimate of drug-likeness (QED) is 0.909. The number of halogens is 1. The summed E-state index contributed by atoms with van der Waals surface area (Å²) in [6.45, 7) is -0.336. The molecule has 1 N–H and O–H groups in total. The zero-order chi connectivity index (χ0) is 14.0. The first-order valence-electron chi connectivity index (χ1n) is 5.05. The van der Waals surface area contributed by atoms with E-state index in [0.717, 1.165) is 6.20 Å². The maximum Gasteiger partial charge on any atom is 0.349 e. The van der Waals surface area contributed by atoms with Crippen LogP contribution in [-0.2, 0) is 14.6 Å². The van der Waals surface area contributed by atoms with Crippen LogP contribution in [0.1, 0.15) is 0 Å². The molecule has 1 aliphatic heterocycles. The van der Waals surface area contributed by atoms with Gasteiger partial charge in [0.2, 0.25) is 9.84 Å². The Labute approximate surface area is 113 Å². The van der Waals surface area contributed by atoms with Gasteiger partial charge in [-0.1, -0.05) is 11.6 Å². The fourth-order valence-corrected chi connectivity index (χ4v) is 2.56. The predicted molar refractivity (Wildman–Crippen MR) is 69.0 cm³/mol. The number of ether oxygens (including phenoxy) is 1. The van der Waals surface area contributed by atoms with E-state index in [2.05, 4.69) is 4.99 Å². The van der Waals surface area contributed by atoms with Gasteiger partial charge in [-0.05, 0) is 24.3 Å². The Morgan fingerprint density at radius 1 is 1.32 bits per heavy atom. The SMILES string of the molecule is O=C(O)C1=CN=C(COc2ccc(Cl)cc2)S1(=O)=O. The molecular formula is C11H8ClNO5S. The van der Waals surface area contributed by atoms with Crippen LogP contribution in [0.3, 0.4) is 0 Å². The lowest BCUT2D eigenvalue weighted by Gasteiger charge is -2.06. The van der Waals surface area contributed by atoms with Crippen molar-refractivity contribution in [3.63, 3.8) is 0 Å². The van der Waals surface area contributed by atoms with Gasteiger partial charge in [0.05, 0.1) is 6.20 Å². The lowest BCUT2D eigenvalue weighted by atomic mass is 10.3. The first-order valence-corrected chi connectivity index (χ1v) is 6.91. The highest BCUT2D eigenvalue weighted by Gasteiger charge is 2.34. The van der Waals surface area contributed by atoms with E-state index in [0.29, 0.717) is 10.8 Å². The summed E-state index contributed by atoms with van der Waals surface area (Å²) < 4.78 is 28.7. The Morgan fingerprint density at radius 3 is 2.47 bits per heavy atom. The minimum atomic E-state index is -4.04. The maximum atomic E-state index is 11.7. The molecule has 0 aliphatic carbocycles. The van der Waals surface area contributed by atoms with Crippen LogP contribution in [0.5, 0.6) is 5.75 Å². The smallest absolute Gasteiger partial charge is 0.349 e. The zero-order valence-electron chi connectivity index (χ0n) is 9.41. The van der Waals surface area contributed by atoms with Gasteiger partial charge < -0.3 is 9.84 Å². The summed E-state index contributed by atoms with van der Waals surface area (Å²) >= 11 is 5.69. The summed E-state index contributed by atoms with van der Waals surface area (Å²) in [5.41, 5.74) is 0. The molecule has 1 heterocycles. The molecule has 0 atom stereocenters. The Bertz CT molecular complexity index is 676. The second-order valence-electron chi connectivity index (χ2n) is 3.57. The average molecular weight is 302 g/mol. The van der Waals surface area contributed by atoms with Crippen molar-refractivity contribution < 1.29 is 23.1 Å². The van der Waals surface area contributed by atoms with Crippen molar-refractivity contribution in [2.45, 2.75) is 0 Å².